The number of aryl methyl sites for hydroxylation is 3. The molecule has 2 aromatic rings. The number of aromatic nitrogens is 2. The van der Waals surface area contributed by atoms with E-state index in [-0.39, 0.29) is 6.42 Å². The predicted molar refractivity (Wildman–Crippen MR) is 69.5 cm³/mol. The highest BCUT2D eigenvalue weighted by Crippen LogP contribution is 2.28. The molecule has 0 saturated heterocycles. The van der Waals surface area contributed by atoms with Gasteiger partial charge in [-0.15, -0.1) is 0 Å². The highest BCUT2D eigenvalue weighted by molar-refractivity contribution is 5.77. The molecular weight excluding hydrogens is 228 g/mol. The van der Waals surface area contributed by atoms with E-state index in [1.54, 1.807) is 11.7 Å². The zero-order valence-corrected chi connectivity index (χ0v) is 10.8. The van der Waals surface area contributed by atoms with Gasteiger partial charge in [0.2, 0.25) is 0 Å². The Morgan fingerprint density at radius 3 is 2.72 bits per heavy atom. The minimum absolute atomic E-state index is 0.0133. The van der Waals surface area contributed by atoms with Crippen LogP contribution >= 0.6 is 0 Å². The molecule has 0 unspecified atom stereocenters. The maximum absolute atomic E-state index is 10.9. The molecule has 1 aromatic heterocycles. The van der Waals surface area contributed by atoms with E-state index in [9.17, 15) is 4.79 Å². The molecule has 4 heteroatoms. The summed E-state index contributed by atoms with van der Waals surface area (Å²) in [5.41, 5.74) is 4.71. The zero-order valence-electron chi connectivity index (χ0n) is 10.8. The minimum Gasteiger partial charge on any atom is -0.481 e. The van der Waals surface area contributed by atoms with Crippen molar-refractivity contribution in [1.82, 2.24) is 9.78 Å². The van der Waals surface area contributed by atoms with Gasteiger partial charge in [0.15, 0.2) is 0 Å². The summed E-state index contributed by atoms with van der Waals surface area (Å²) in [6, 6.07) is 8.03. The average Bonchev–Trinajstić information content (AvgIpc) is 2.53. The molecule has 0 radical (unpaired) electrons. The van der Waals surface area contributed by atoms with Crippen molar-refractivity contribution >= 4 is 5.97 Å². The third kappa shape index (κ3) is 2.27. The molecule has 0 fully saturated rings. The number of carboxylic acid groups (broad SMARTS) is 1. The lowest BCUT2D eigenvalue weighted by atomic mass is 10.0. The van der Waals surface area contributed by atoms with Crippen molar-refractivity contribution in [3.8, 4) is 11.1 Å². The minimum atomic E-state index is -0.841. The second kappa shape index (κ2) is 4.64. The second-order valence-corrected chi connectivity index (χ2v) is 4.47. The lowest BCUT2D eigenvalue weighted by Crippen LogP contribution is -2.07. The van der Waals surface area contributed by atoms with Crippen LogP contribution in [0.1, 0.15) is 17.0 Å². The van der Waals surface area contributed by atoms with Crippen LogP contribution in [-0.2, 0) is 18.3 Å². The van der Waals surface area contributed by atoms with Crippen molar-refractivity contribution in [2.24, 2.45) is 7.05 Å². The first kappa shape index (κ1) is 12.4. The summed E-state index contributed by atoms with van der Waals surface area (Å²) in [7, 11) is 1.78. The van der Waals surface area contributed by atoms with Gasteiger partial charge in [-0.2, -0.15) is 5.10 Å². The lowest BCUT2D eigenvalue weighted by molar-refractivity contribution is -0.136. The largest absolute Gasteiger partial charge is 0.481 e. The second-order valence-electron chi connectivity index (χ2n) is 4.47. The van der Waals surface area contributed by atoms with Crippen molar-refractivity contribution in [3.05, 3.63) is 41.2 Å². The number of benzene rings is 1. The van der Waals surface area contributed by atoms with Gasteiger partial charge in [0.1, 0.15) is 0 Å². The van der Waals surface area contributed by atoms with Crippen LogP contribution in [0.25, 0.3) is 11.1 Å². The van der Waals surface area contributed by atoms with Crippen LogP contribution in [0.4, 0.5) is 0 Å². The molecule has 0 atom stereocenters. The number of nitrogens with zero attached hydrogens (tertiary/aromatic N) is 2. The number of hydrogen-bond donors (Lipinski definition) is 1. The molecular formula is C14H16N2O2. The number of rotatable bonds is 3. The summed E-state index contributed by atoms with van der Waals surface area (Å²) in [5.74, 6) is -0.841. The maximum Gasteiger partial charge on any atom is 0.309 e. The number of hydrogen-bond acceptors (Lipinski definition) is 2. The molecule has 0 bridgehead atoms. The average molecular weight is 244 g/mol. The molecule has 0 aliphatic rings. The summed E-state index contributed by atoms with van der Waals surface area (Å²) >= 11 is 0. The molecule has 0 aliphatic carbocycles. The van der Waals surface area contributed by atoms with Gasteiger partial charge in [0.25, 0.3) is 0 Å². The van der Waals surface area contributed by atoms with E-state index in [4.69, 9.17) is 5.11 Å². The van der Waals surface area contributed by atoms with E-state index in [1.807, 2.05) is 32.0 Å². The molecule has 94 valence electrons. The molecule has 1 aromatic carbocycles. The zero-order chi connectivity index (χ0) is 13.3. The topological polar surface area (TPSA) is 55.1 Å². The van der Waals surface area contributed by atoms with E-state index in [0.717, 1.165) is 28.1 Å². The molecule has 18 heavy (non-hydrogen) atoms. The summed E-state index contributed by atoms with van der Waals surface area (Å²) in [6.07, 6.45) is -0.0133. The fourth-order valence-electron chi connectivity index (χ4n) is 2.23. The van der Waals surface area contributed by atoms with Crippen LogP contribution in [0.5, 0.6) is 0 Å². The molecule has 0 amide bonds. The highest BCUT2D eigenvalue weighted by atomic mass is 16.4. The van der Waals surface area contributed by atoms with E-state index in [2.05, 4.69) is 11.2 Å². The first-order valence-corrected chi connectivity index (χ1v) is 5.80. The Morgan fingerprint density at radius 2 is 2.11 bits per heavy atom. The standard InChI is InChI=1S/C14H16N2O2/c1-9-5-4-6-11(7-9)14-10(2)15-16(3)12(14)8-13(17)18/h4-7H,8H2,1-3H3,(H,17,18). The fourth-order valence-corrected chi connectivity index (χ4v) is 2.23. The third-order valence-corrected chi connectivity index (χ3v) is 2.97. The molecule has 1 N–H and O–H groups in total. The Balaban J connectivity index is 2.59. The van der Waals surface area contributed by atoms with Gasteiger partial charge < -0.3 is 5.11 Å². The van der Waals surface area contributed by atoms with Crippen LogP contribution in [0.3, 0.4) is 0 Å². The first-order valence-electron chi connectivity index (χ1n) is 5.80. The number of carbonyl (C=O) groups is 1. The van der Waals surface area contributed by atoms with Crippen LogP contribution in [0.2, 0.25) is 0 Å². The first-order chi connectivity index (χ1) is 8.49. The predicted octanol–water partition coefficient (Wildman–Crippen LogP) is 2.33. The third-order valence-electron chi connectivity index (χ3n) is 2.97. The smallest absolute Gasteiger partial charge is 0.309 e. The van der Waals surface area contributed by atoms with E-state index < -0.39 is 5.97 Å². The molecule has 0 spiro atoms. The van der Waals surface area contributed by atoms with Crippen molar-refractivity contribution in [2.75, 3.05) is 0 Å². The Kier molecular flexibility index (Phi) is 3.19. The van der Waals surface area contributed by atoms with Gasteiger partial charge in [-0.3, -0.25) is 9.48 Å². The van der Waals surface area contributed by atoms with E-state index in [1.165, 1.54) is 0 Å². The Morgan fingerprint density at radius 1 is 1.39 bits per heavy atom. The van der Waals surface area contributed by atoms with Crippen LogP contribution in [-0.4, -0.2) is 20.9 Å². The Labute approximate surface area is 106 Å². The van der Waals surface area contributed by atoms with Crippen LogP contribution in [0.15, 0.2) is 24.3 Å². The fraction of sp³-hybridized carbons (Fsp3) is 0.286. The molecule has 0 aliphatic heterocycles. The molecule has 4 nitrogen and oxygen atoms in total. The maximum atomic E-state index is 10.9. The quantitative estimate of drug-likeness (QED) is 0.901. The van der Waals surface area contributed by atoms with Crippen molar-refractivity contribution < 1.29 is 9.90 Å². The van der Waals surface area contributed by atoms with Gasteiger partial charge in [0, 0.05) is 12.6 Å². The van der Waals surface area contributed by atoms with Crippen molar-refractivity contribution in [3.63, 3.8) is 0 Å². The molecule has 0 saturated carbocycles. The van der Waals surface area contributed by atoms with Crippen molar-refractivity contribution in [1.29, 1.82) is 0 Å². The number of aliphatic carboxylic acids is 1. The summed E-state index contributed by atoms with van der Waals surface area (Å²) in [4.78, 5) is 10.9. The SMILES string of the molecule is Cc1cccc(-c2c(C)nn(C)c2CC(=O)O)c1. The Bertz CT molecular complexity index is 600. The van der Waals surface area contributed by atoms with Gasteiger partial charge in [0.05, 0.1) is 17.8 Å². The van der Waals surface area contributed by atoms with Crippen LogP contribution in [0, 0.1) is 13.8 Å². The van der Waals surface area contributed by atoms with Gasteiger partial charge in [-0.05, 0) is 19.4 Å². The summed E-state index contributed by atoms with van der Waals surface area (Å²) in [6.45, 7) is 3.93. The van der Waals surface area contributed by atoms with Gasteiger partial charge in [-0.25, -0.2) is 0 Å². The van der Waals surface area contributed by atoms with E-state index >= 15 is 0 Å². The monoisotopic (exact) mass is 244 g/mol. The van der Waals surface area contributed by atoms with Crippen molar-refractivity contribution in [2.45, 2.75) is 20.3 Å². The normalized spacial score (nSPS) is 10.6. The van der Waals surface area contributed by atoms with Crippen LogP contribution < -0.4 is 0 Å². The molecule has 2 rings (SSSR count). The highest BCUT2D eigenvalue weighted by Gasteiger charge is 2.17. The number of carboxylic acids is 1. The van der Waals surface area contributed by atoms with Gasteiger partial charge >= 0.3 is 5.97 Å². The summed E-state index contributed by atoms with van der Waals surface area (Å²) < 4.78 is 1.65. The van der Waals surface area contributed by atoms with E-state index in [0.29, 0.717) is 0 Å². The Hall–Kier alpha value is -2.10. The molecule has 1 heterocycles. The summed E-state index contributed by atoms with van der Waals surface area (Å²) in [5, 5.41) is 13.3. The van der Waals surface area contributed by atoms with Gasteiger partial charge in [-0.1, -0.05) is 29.8 Å². The lowest BCUT2D eigenvalue weighted by Gasteiger charge is -2.05.